The molecule has 1 heterocycles. The van der Waals surface area contributed by atoms with Crippen LogP contribution < -0.4 is 5.32 Å². The zero-order valence-electron chi connectivity index (χ0n) is 11.7. The minimum Gasteiger partial charge on any atom is -0.393 e. The quantitative estimate of drug-likeness (QED) is 0.869. The number of rotatable bonds is 5. The van der Waals surface area contributed by atoms with Gasteiger partial charge in [-0.25, -0.2) is 0 Å². The summed E-state index contributed by atoms with van der Waals surface area (Å²) in [5, 5.41) is 13.1. The maximum atomic E-state index is 11.9. The highest BCUT2D eigenvalue weighted by Gasteiger charge is 2.26. The third-order valence-electron chi connectivity index (χ3n) is 3.76. The van der Waals surface area contributed by atoms with Gasteiger partial charge in [0.1, 0.15) is 0 Å². The number of likely N-dealkylation sites (tertiary alicyclic amines) is 1. The van der Waals surface area contributed by atoms with Gasteiger partial charge in [-0.05, 0) is 43.5 Å². The van der Waals surface area contributed by atoms with Gasteiger partial charge in [-0.15, -0.1) is 0 Å². The molecule has 0 saturated carbocycles. The summed E-state index contributed by atoms with van der Waals surface area (Å²) in [6.07, 6.45) is 0.666. The Balaban J connectivity index is 1.72. The number of benzene rings is 1. The van der Waals surface area contributed by atoms with Crippen molar-refractivity contribution in [2.75, 3.05) is 19.6 Å². The smallest absolute Gasteiger partial charge is 0.234 e. The number of amides is 1. The van der Waals surface area contributed by atoms with E-state index >= 15 is 0 Å². The van der Waals surface area contributed by atoms with Gasteiger partial charge in [0.25, 0.3) is 0 Å². The Morgan fingerprint density at radius 3 is 2.80 bits per heavy atom. The predicted molar refractivity (Wildman–Crippen MR) is 79.5 cm³/mol. The molecule has 0 aliphatic carbocycles. The zero-order valence-corrected chi connectivity index (χ0v) is 12.4. The summed E-state index contributed by atoms with van der Waals surface area (Å²) in [4.78, 5) is 14.0. The molecule has 1 aromatic carbocycles. The van der Waals surface area contributed by atoms with E-state index in [0.29, 0.717) is 24.0 Å². The van der Waals surface area contributed by atoms with E-state index in [2.05, 4.69) is 10.2 Å². The van der Waals surface area contributed by atoms with Crippen LogP contribution in [0.3, 0.4) is 0 Å². The molecule has 1 fully saturated rings. The summed E-state index contributed by atoms with van der Waals surface area (Å²) in [7, 11) is 0. The second kappa shape index (κ2) is 7.07. The van der Waals surface area contributed by atoms with Crippen LogP contribution in [0.1, 0.15) is 18.9 Å². The molecule has 1 aliphatic heterocycles. The summed E-state index contributed by atoms with van der Waals surface area (Å²) in [5.74, 6) is 0.310. The van der Waals surface area contributed by atoms with Gasteiger partial charge in [-0.1, -0.05) is 23.7 Å². The molecule has 1 amide bonds. The van der Waals surface area contributed by atoms with E-state index in [-0.39, 0.29) is 12.0 Å². The molecule has 1 aliphatic rings. The molecule has 0 aromatic heterocycles. The fourth-order valence-electron chi connectivity index (χ4n) is 2.46. The first kappa shape index (κ1) is 15.3. The fraction of sp³-hybridized carbons (Fsp3) is 0.533. The van der Waals surface area contributed by atoms with E-state index in [1.807, 2.05) is 31.2 Å². The Morgan fingerprint density at radius 1 is 1.50 bits per heavy atom. The molecule has 2 unspecified atom stereocenters. The van der Waals surface area contributed by atoms with Gasteiger partial charge >= 0.3 is 0 Å². The van der Waals surface area contributed by atoms with Gasteiger partial charge < -0.3 is 10.4 Å². The van der Waals surface area contributed by atoms with E-state index in [4.69, 9.17) is 11.6 Å². The highest BCUT2D eigenvalue weighted by atomic mass is 35.5. The summed E-state index contributed by atoms with van der Waals surface area (Å²) >= 11 is 5.81. The average molecular weight is 297 g/mol. The van der Waals surface area contributed by atoms with Crippen molar-refractivity contribution in [2.45, 2.75) is 26.0 Å². The number of hydrogen-bond acceptors (Lipinski definition) is 3. The van der Waals surface area contributed by atoms with Crippen molar-refractivity contribution in [2.24, 2.45) is 5.92 Å². The van der Waals surface area contributed by atoms with Crippen LogP contribution in [0.5, 0.6) is 0 Å². The first-order valence-corrected chi connectivity index (χ1v) is 7.34. The lowest BCUT2D eigenvalue weighted by atomic mass is 10.0. The van der Waals surface area contributed by atoms with Crippen LogP contribution in [0, 0.1) is 5.92 Å². The van der Waals surface area contributed by atoms with Gasteiger partial charge in [0, 0.05) is 18.1 Å². The highest BCUT2D eigenvalue weighted by Crippen LogP contribution is 2.19. The number of nitrogens with zero attached hydrogens (tertiary/aromatic N) is 1. The number of aliphatic hydroxyl groups excluding tert-OH is 1. The minimum atomic E-state index is -0.294. The van der Waals surface area contributed by atoms with Crippen molar-refractivity contribution in [3.63, 3.8) is 0 Å². The molecule has 4 nitrogen and oxygen atoms in total. The molecule has 2 atom stereocenters. The number of hydrogen-bond donors (Lipinski definition) is 2. The second-order valence-electron chi connectivity index (χ2n) is 5.43. The van der Waals surface area contributed by atoms with Crippen LogP contribution in [0.2, 0.25) is 5.02 Å². The van der Waals surface area contributed by atoms with Gasteiger partial charge in [0.05, 0.1) is 12.6 Å². The number of halogens is 1. The normalized spacial score (nSPS) is 20.9. The van der Waals surface area contributed by atoms with E-state index in [1.165, 1.54) is 0 Å². The van der Waals surface area contributed by atoms with E-state index in [9.17, 15) is 9.90 Å². The minimum absolute atomic E-state index is 0.0196. The molecule has 110 valence electrons. The van der Waals surface area contributed by atoms with Crippen LogP contribution in [0.15, 0.2) is 24.3 Å². The molecule has 2 rings (SSSR count). The Morgan fingerprint density at radius 2 is 2.20 bits per heavy atom. The Hall–Kier alpha value is -1.10. The van der Waals surface area contributed by atoms with Gasteiger partial charge in [0.2, 0.25) is 5.91 Å². The molecule has 2 N–H and O–H groups in total. The Kier molecular flexibility index (Phi) is 5.40. The molecular weight excluding hydrogens is 276 g/mol. The average Bonchev–Trinajstić information content (AvgIpc) is 2.87. The second-order valence-corrected chi connectivity index (χ2v) is 5.86. The lowest BCUT2D eigenvalue weighted by Gasteiger charge is -2.17. The van der Waals surface area contributed by atoms with E-state index in [1.54, 1.807) is 0 Å². The largest absolute Gasteiger partial charge is 0.393 e. The lowest BCUT2D eigenvalue weighted by Crippen LogP contribution is -2.36. The van der Waals surface area contributed by atoms with E-state index < -0.39 is 0 Å². The maximum Gasteiger partial charge on any atom is 0.234 e. The summed E-state index contributed by atoms with van der Waals surface area (Å²) in [5.41, 5.74) is 1.03. The van der Waals surface area contributed by atoms with Gasteiger partial charge in [0.15, 0.2) is 0 Å². The number of aliphatic hydroxyl groups is 1. The van der Waals surface area contributed by atoms with Crippen molar-refractivity contribution in [3.8, 4) is 0 Å². The molecule has 1 saturated heterocycles. The fourth-order valence-corrected chi connectivity index (χ4v) is 2.59. The molecule has 5 heteroatoms. The van der Waals surface area contributed by atoms with Gasteiger partial charge in [-0.3, -0.25) is 9.69 Å². The van der Waals surface area contributed by atoms with Crippen molar-refractivity contribution in [3.05, 3.63) is 34.9 Å². The van der Waals surface area contributed by atoms with Crippen LogP contribution >= 0.6 is 11.6 Å². The number of nitrogens with one attached hydrogen (secondary N) is 1. The number of carbonyl (C=O) groups excluding carboxylic acids is 1. The van der Waals surface area contributed by atoms with Crippen molar-refractivity contribution >= 4 is 17.5 Å². The van der Waals surface area contributed by atoms with Crippen LogP contribution in [0.25, 0.3) is 0 Å². The molecule has 0 bridgehead atoms. The van der Waals surface area contributed by atoms with E-state index in [0.717, 1.165) is 25.1 Å². The first-order valence-electron chi connectivity index (χ1n) is 6.96. The topological polar surface area (TPSA) is 52.6 Å². The lowest BCUT2D eigenvalue weighted by molar-refractivity contribution is -0.122. The number of carbonyl (C=O) groups is 1. The SMILES string of the molecule is CC(O)C1CCN(CC(=O)NCc2ccc(Cl)cc2)C1. The molecule has 0 radical (unpaired) electrons. The first-order chi connectivity index (χ1) is 9.54. The standard InChI is InChI=1S/C15H21ClN2O2/c1-11(19)13-6-7-18(9-13)10-15(20)17-8-12-2-4-14(16)5-3-12/h2-5,11,13,19H,6-10H2,1H3,(H,17,20). The highest BCUT2D eigenvalue weighted by molar-refractivity contribution is 6.30. The molecular formula is C15H21ClN2O2. The maximum absolute atomic E-state index is 11.9. The van der Waals surface area contributed by atoms with Crippen molar-refractivity contribution < 1.29 is 9.90 Å². The predicted octanol–water partition coefficient (Wildman–Crippen LogP) is 1.66. The third kappa shape index (κ3) is 4.47. The molecule has 20 heavy (non-hydrogen) atoms. The summed E-state index contributed by atoms with van der Waals surface area (Å²) in [6.45, 7) is 4.41. The van der Waals surface area contributed by atoms with Crippen LogP contribution in [-0.2, 0) is 11.3 Å². The third-order valence-corrected chi connectivity index (χ3v) is 4.01. The Labute approximate surface area is 124 Å². The Bertz CT molecular complexity index is 448. The molecule has 0 spiro atoms. The van der Waals surface area contributed by atoms with Crippen LogP contribution in [0.4, 0.5) is 0 Å². The monoisotopic (exact) mass is 296 g/mol. The summed E-state index contributed by atoms with van der Waals surface area (Å²) in [6, 6.07) is 7.44. The zero-order chi connectivity index (χ0) is 14.5. The van der Waals surface area contributed by atoms with Gasteiger partial charge in [-0.2, -0.15) is 0 Å². The summed E-state index contributed by atoms with van der Waals surface area (Å²) < 4.78 is 0. The molecule has 1 aromatic rings. The van der Waals surface area contributed by atoms with Crippen molar-refractivity contribution in [1.29, 1.82) is 0 Å². The van der Waals surface area contributed by atoms with Crippen LogP contribution in [-0.4, -0.2) is 41.7 Å². The van der Waals surface area contributed by atoms with Crippen molar-refractivity contribution in [1.82, 2.24) is 10.2 Å².